The van der Waals surface area contributed by atoms with E-state index >= 15 is 0 Å². The van der Waals surface area contributed by atoms with Gasteiger partial charge in [-0.1, -0.05) is 123 Å². The molecule has 0 aliphatic heterocycles. The van der Waals surface area contributed by atoms with E-state index < -0.39 is 0 Å². The molecule has 0 heterocycles. The molecule has 38 heavy (non-hydrogen) atoms. The zero-order valence-corrected chi connectivity index (χ0v) is 26.4. The molecule has 0 spiro atoms. The molecule has 0 nitrogen and oxygen atoms in total. The summed E-state index contributed by atoms with van der Waals surface area (Å²) in [5, 5.41) is 0. The Labute approximate surface area is 240 Å². The molecule has 0 saturated heterocycles. The van der Waals surface area contributed by atoms with Crippen molar-refractivity contribution in [1.29, 1.82) is 0 Å². The average molecular weight is 525 g/mol. The Morgan fingerprint density at radius 1 is 0.605 bits per heavy atom. The van der Waals surface area contributed by atoms with E-state index in [2.05, 4.69) is 32.9 Å². The van der Waals surface area contributed by atoms with Gasteiger partial charge in [0.05, 0.1) is 0 Å². The quantitative estimate of drug-likeness (QED) is 0.239. The standard InChI is InChI=1S/C38H68/c1-4-27-38(31(2)3)28-16-23-35(26-29-38)37-25-15-22-34-21-13-6-5-9-17-32(20-12-8-14-24-36(34)37)30-33-18-10-7-11-19-33/h5,9,31-37H,4,6-8,10-30H2,1-3H3. The van der Waals surface area contributed by atoms with Crippen molar-refractivity contribution in [3.63, 3.8) is 0 Å². The summed E-state index contributed by atoms with van der Waals surface area (Å²) in [7, 11) is 0. The summed E-state index contributed by atoms with van der Waals surface area (Å²) in [6, 6.07) is 0. The van der Waals surface area contributed by atoms with Crippen molar-refractivity contribution >= 4 is 0 Å². The third-order valence-electron chi connectivity index (χ3n) is 12.7. The van der Waals surface area contributed by atoms with Gasteiger partial charge in [0.15, 0.2) is 0 Å². The van der Waals surface area contributed by atoms with E-state index in [1.165, 1.54) is 128 Å². The summed E-state index contributed by atoms with van der Waals surface area (Å²) in [6.07, 6.45) is 42.8. The fourth-order valence-electron chi connectivity index (χ4n) is 10.4. The molecule has 0 N–H and O–H groups in total. The summed E-state index contributed by atoms with van der Waals surface area (Å²) < 4.78 is 0. The van der Waals surface area contributed by atoms with Crippen molar-refractivity contribution in [3.05, 3.63) is 12.2 Å². The molecule has 0 amide bonds. The molecule has 4 aliphatic carbocycles. The van der Waals surface area contributed by atoms with Gasteiger partial charge >= 0.3 is 0 Å². The van der Waals surface area contributed by atoms with E-state index in [0.717, 1.165) is 41.4 Å². The highest BCUT2D eigenvalue weighted by molar-refractivity contribution is 4.92. The molecule has 0 bridgehead atoms. The number of fused-ring (bicyclic) bond motifs is 1. The highest BCUT2D eigenvalue weighted by Crippen LogP contribution is 2.52. The number of hydrogen-bond acceptors (Lipinski definition) is 0. The van der Waals surface area contributed by atoms with Gasteiger partial charge in [0.2, 0.25) is 0 Å². The smallest absolute Gasteiger partial charge is 0.0274 e. The number of hydrogen-bond donors (Lipinski definition) is 0. The van der Waals surface area contributed by atoms with Crippen LogP contribution < -0.4 is 0 Å². The van der Waals surface area contributed by atoms with Crippen molar-refractivity contribution in [2.24, 2.45) is 46.8 Å². The van der Waals surface area contributed by atoms with Gasteiger partial charge in [-0.15, -0.1) is 0 Å². The first kappa shape index (κ1) is 30.7. The monoisotopic (exact) mass is 525 g/mol. The predicted molar refractivity (Wildman–Crippen MR) is 168 cm³/mol. The lowest BCUT2D eigenvalue weighted by atomic mass is 9.62. The Hall–Kier alpha value is -0.260. The van der Waals surface area contributed by atoms with Gasteiger partial charge in [0.25, 0.3) is 0 Å². The first-order chi connectivity index (χ1) is 18.6. The van der Waals surface area contributed by atoms with Gasteiger partial charge in [-0.05, 0) is 117 Å². The maximum atomic E-state index is 2.61. The summed E-state index contributed by atoms with van der Waals surface area (Å²) in [5.41, 5.74) is 0.654. The maximum absolute atomic E-state index is 2.61. The van der Waals surface area contributed by atoms with Gasteiger partial charge in [-0.25, -0.2) is 0 Å². The summed E-state index contributed by atoms with van der Waals surface area (Å²) >= 11 is 0. The first-order valence-electron chi connectivity index (χ1n) is 18.3. The van der Waals surface area contributed by atoms with Crippen molar-refractivity contribution in [3.8, 4) is 0 Å². The summed E-state index contributed by atoms with van der Waals surface area (Å²) in [4.78, 5) is 0. The van der Waals surface area contributed by atoms with Crippen LogP contribution in [0.3, 0.4) is 0 Å². The van der Waals surface area contributed by atoms with Crippen LogP contribution in [0.25, 0.3) is 0 Å². The molecule has 4 rings (SSSR count). The third-order valence-corrected chi connectivity index (χ3v) is 12.7. The molecule has 6 unspecified atom stereocenters. The van der Waals surface area contributed by atoms with Gasteiger partial charge < -0.3 is 0 Å². The molecule has 4 aliphatic rings. The van der Waals surface area contributed by atoms with Gasteiger partial charge in [0.1, 0.15) is 0 Å². The Kier molecular flexibility index (Phi) is 13.1. The van der Waals surface area contributed by atoms with E-state index in [0.29, 0.717) is 5.41 Å². The van der Waals surface area contributed by atoms with Gasteiger partial charge in [-0.3, -0.25) is 0 Å². The minimum absolute atomic E-state index is 0.654. The highest BCUT2D eigenvalue weighted by atomic mass is 14.5. The topological polar surface area (TPSA) is 0 Å². The molecule has 6 atom stereocenters. The normalized spacial score (nSPS) is 37.3. The van der Waals surface area contributed by atoms with Crippen LogP contribution in [-0.4, -0.2) is 0 Å². The molecule has 3 saturated carbocycles. The van der Waals surface area contributed by atoms with E-state index in [1.54, 1.807) is 32.1 Å². The maximum Gasteiger partial charge on any atom is -0.0274 e. The molecular weight excluding hydrogens is 456 g/mol. The van der Waals surface area contributed by atoms with Crippen molar-refractivity contribution in [1.82, 2.24) is 0 Å². The molecule has 0 aromatic carbocycles. The SMILES string of the molecule is CCCC1(C(C)C)CCCC(C2CCCC3CCCC=CCC(CC4CCCCC4)CCCCCC32)CC1. The van der Waals surface area contributed by atoms with Crippen molar-refractivity contribution in [2.75, 3.05) is 0 Å². The Balaban J connectivity index is 1.36. The van der Waals surface area contributed by atoms with E-state index in [-0.39, 0.29) is 0 Å². The fourth-order valence-corrected chi connectivity index (χ4v) is 10.4. The van der Waals surface area contributed by atoms with Crippen LogP contribution in [0, 0.1) is 46.8 Å². The zero-order valence-electron chi connectivity index (χ0n) is 26.4. The largest absolute Gasteiger partial charge is 0.0885 e. The molecule has 0 aromatic heterocycles. The van der Waals surface area contributed by atoms with Crippen LogP contribution in [-0.2, 0) is 0 Å². The molecule has 220 valence electrons. The number of rotatable bonds is 6. The zero-order chi connectivity index (χ0) is 26.6. The van der Waals surface area contributed by atoms with Crippen LogP contribution in [0.2, 0.25) is 0 Å². The molecule has 0 heteroatoms. The second-order valence-corrected chi connectivity index (χ2v) is 15.4. The summed E-state index contributed by atoms with van der Waals surface area (Å²) in [6.45, 7) is 7.51. The minimum atomic E-state index is 0.654. The van der Waals surface area contributed by atoms with Crippen LogP contribution in [0.1, 0.15) is 181 Å². The highest BCUT2D eigenvalue weighted by Gasteiger charge is 2.41. The lowest BCUT2D eigenvalue weighted by Gasteiger charge is -2.43. The molecular formula is C38H68. The lowest BCUT2D eigenvalue weighted by molar-refractivity contribution is 0.0709. The minimum Gasteiger partial charge on any atom is -0.0885 e. The molecule has 3 fully saturated rings. The second kappa shape index (κ2) is 16.2. The molecule has 0 aromatic rings. The average Bonchev–Trinajstić information content (AvgIpc) is 3.14. The number of allylic oxidation sites excluding steroid dienone is 2. The lowest BCUT2D eigenvalue weighted by Crippen LogP contribution is -2.34. The van der Waals surface area contributed by atoms with E-state index in [4.69, 9.17) is 0 Å². The Morgan fingerprint density at radius 3 is 1.97 bits per heavy atom. The van der Waals surface area contributed by atoms with Gasteiger partial charge in [0, 0.05) is 0 Å². The second-order valence-electron chi connectivity index (χ2n) is 15.4. The van der Waals surface area contributed by atoms with E-state index in [1.807, 2.05) is 0 Å². The fraction of sp³-hybridized carbons (Fsp3) is 0.947. The Morgan fingerprint density at radius 2 is 1.24 bits per heavy atom. The van der Waals surface area contributed by atoms with Crippen LogP contribution in [0.15, 0.2) is 12.2 Å². The van der Waals surface area contributed by atoms with E-state index in [9.17, 15) is 0 Å². The Bertz CT molecular complexity index is 653. The van der Waals surface area contributed by atoms with Crippen LogP contribution in [0.5, 0.6) is 0 Å². The van der Waals surface area contributed by atoms with Crippen molar-refractivity contribution < 1.29 is 0 Å². The summed E-state index contributed by atoms with van der Waals surface area (Å²) in [5.74, 6) is 7.08. The van der Waals surface area contributed by atoms with Crippen molar-refractivity contribution in [2.45, 2.75) is 181 Å². The van der Waals surface area contributed by atoms with Crippen LogP contribution in [0.4, 0.5) is 0 Å². The van der Waals surface area contributed by atoms with Gasteiger partial charge in [-0.2, -0.15) is 0 Å². The van der Waals surface area contributed by atoms with Crippen LogP contribution >= 0.6 is 0 Å². The third kappa shape index (κ3) is 8.87. The molecule has 0 radical (unpaired) electrons. The first-order valence-corrected chi connectivity index (χ1v) is 18.3. The predicted octanol–water partition coefficient (Wildman–Crippen LogP) is 12.7.